The highest BCUT2D eigenvalue weighted by Gasteiger charge is 2.17. The van der Waals surface area contributed by atoms with E-state index in [1.54, 1.807) is 0 Å². The predicted molar refractivity (Wildman–Crippen MR) is 71.0 cm³/mol. The number of hydrogen-bond donors (Lipinski definition) is 2. The molecule has 17 heavy (non-hydrogen) atoms. The number of carbonyl (C=O) groups excluding carboxylic acids is 1. The maximum atomic E-state index is 11.6. The van der Waals surface area contributed by atoms with Gasteiger partial charge in [0, 0.05) is 23.5 Å². The van der Waals surface area contributed by atoms with Crippen LogP contribution in [0, 0.1) is 5.41 Å². The molecular weight excluding hydrogens is 234 g/mol. The molecule has 0 bridgehead atoms. The highest BCUT2D eigenvalue weighted by atomic mass is 32.2. The lowest BCUT2D eigenvalue weighted by Gasteiger charge is -2.21. The maximum absolute atomic E-state index is 11.6. The van der Waals surface area contributed by atoms with Crippen LogP contribution in [-0.4, -0.2) is 29.9 Å². The Morgan fingerprint density at radius 3 is 2.59 bits per heavy atom. The molecule has 1 aromatic carbocycles. The van der Waals surface area contributed by atoms with Crippen molar-refractivity contribution in [2.24, 2.45) is 5.41 Å². The fraction of sp³-hybridized carbons (Fsp3) is 0.462. The Hall–Kier alpha value is -1.00. The number of rotatable bonds is 6. The van der Waals surface area contributed by atoms with E-state index in [1.165, 1.54) is 11.8 Å². The first-order chi connectivity index (χ1) is 8.03. The van der Waals surface area contributed by atoms with E-state index in [-0.39, 0.29) is 17.9 Å². The molecule has 1 amide bonds. The van der Waals surface area contributed by atoms with E-state index in [9.17, 15) is 4.79 Å². The molecule has 0 aliphatic heterocycles. The molecule has 94 valence electrons. The molecule has 0 aromatic heterocycles. The Bertz CT molecular complexity index is 352. The molecule has 0 unspecified atom stereocenters. The largest absolute Gasteiger partial charge is 0.396 e. The molecule has 1 aromatic rings. The van der Waals surface area contributed by atoms with Crippen molar-refractivity contribution in [3.05, 3.63) is 30.3 Å². The quantitative estimate of drug-likeness (QED) is 0.761. The molecule has 0 fully saturated rings. The first kappa shape index (κ1) is 14.1. The van der Waals surface area contributed by atoms with E-state index >= 15 is 0 Å². The van der Waals surface area contributed by atoms with Crippen molar-refractivity contribution in [1.82, 2.24) is 5.32 Å². The van der Waals surface area contributed by atoms with Crippen LogP contribution in [0.2, 0.25) is 0 Å². The van der Waals surface area contributed by atoms with Gasteiger partial charge in [-0.2, -0.15) is 0 Å². The molecule has 0 heterocycles. The van der Waals surface area contributed by atoms with Gasteiger partial charge in [0.15, 0.2) is 0 Å². The van der Waals surface area contributed by atoms with Crippen LogP contribution < -0.4 is 5.32 Å². The molecule has 4 heteroatoms. The summed E-state index contributed by atoms with van der Waals surface area (Å²) in [6.45, 7) is 4.39. The summed E-state index contributed by atoms with van der Waals surface area (Å²) in [5.74, 6) is 0.409. The molecular formula is C13H19NO2S. The van der Waals surface area contributed by atoms with Gasteiger partial charge in [-0.25, -0.2) is 0 Å². The van der Waals surface area contributed by atoms with E-state index < -0.39 is 0 Å². The van der Waals surface area contributed by atoms with Crippen molar-refractivity contribution in [3.8, 4) is 0 Å². The zero-order valence-electron chi connectivity index (χ0n) is 10.3. The van der Waals surface area contributed by atoms with Crippen LogP contribution >= 0.6 is 11.8 Å². The monoisotopic (exact) mass is 253 g/mol. The summed E-state index contributed by atoms with van der Waals surface area (Å²) >= 11 is 1.51. The normalized spacial score (nSPS) is 11.2. The van der Waals surface area contributed by atoms with Crippen molar-refractivity contribution in [3.63, 3.8) is 0 Å². The lowest BCUT2D eigenvalue weighted by Crippen LogP contribution is -2.36. The summed E-state index contributed by atoms with van der Waals surface area (Å²) in [5.41, 5.74) is -0.257. The molecule has 2 N–H and O–H groups in total. The molecule has 3 nitrogen and oxygen atoms in total. The SMILES string of the molecule is CC(C)(CO)CNC(=O)CSc1ccccc1. The minimum absolute atomic E-state index is 0.000350. The van der Waals surface area contributed by atoms with Gasteiger partial charge in [0.1, 0.15) is 0 Å². The number of nitrogens with one attached hydrogen (secondary N) is 1. The summed E-state index contributed by atoms with van der Waals surface area (Å²) < 4.78 is 0. The van der Waals surface area contributed by atoms with Crippen LogP contribution in [-0.2, 0) is 4.79 Å². The summed E-state index contributed by atoms with van der Waals surface area (Å²) in [6.07, 6.45) is 0. The van der Waals surface area contributed by atoms with Crippen molar-refractivity contribution < 1.29 is 9.90 Å². The van der Waals surface area contributed by atoms with Gasteiger partial charge in [0.25, 0.3) is 0 Å². The van der Waals surface area contributed by atoms with Gasteiger partial charge in [-0.15, -0.1) is 11.8 Å². The lowest BCUT2D eigenvalue weighted by atomic mass is 9.95. The van der Waals surface area contributed by atoms with Crippen LogP contribution in [0.3, 0.4) is 0 Å². The number of benzene rings is 1. The maximum Gasteiger partial charge on any atom is 0.230 e. The Morgan fingerprint density at radius 2 is 2.00 bits per heavy atom. The average Bonchev–Trinajstić information content (AvgIpc) is 2.35. The highest BCUT2D eigenvalue weighted by Crippen LogP contribution is 2.16. The number of thioether (sulfide) groups is 1. The Kier molecular flexibility index (Phi) is 5.51. The number of aliphatic hydroxyl groups is 1. The molecule has 0 aliphatic carbocycles. The third kappa shape index (κ3) is 5.75. The second-order valence-corrected chi connectivity index (χ2v) is 5.75. The molecule has 0 saturated carbocycles. The minimum atomic E-state index is -0.257. The lowest BCUT2D eigenvalue weighted by molar-refractivity contribution is -0.119. The third-order valence-corrected chi connectivity index (χ3v) is 3.32. The average molecular weight is 253 g/mol. The summed E-state index contributed by atoms with van der Waals surface area (Å²) in [5, 5.41) is 11.9. The molecule has 0 spiro atoms. The Balaban J connectivity index is 2.27. The molecule has 1 rings (SSSR count). The molecule has 0 saturated heterocycles. The minimum Gasteiger partial charge on any atom is -0.396 e. The van der Waals surface area contributed by atoms with E-state index in [1.807, 2.05) is 44.2 Å². The molecule has 0 radical (unpaired) electrons. The van der Waals surface area contributed by atoms with Gasteiger partial charge in [0.2, 0.25) is 5.91 Å². The van der Waals surface area contributed by atoms with Crippen molar-refractivity contribution in [2.75, 3.05) is 18.9 Å². The number of hydrogen-bond acceptors (Lipinski definition) is 3. The summed E-state index contributed by atoms with van der Waals surface area (Å²) in [4.78, 5) is 12.7. The van der Waals surface area contributed by atoms with Gasteiger partial charge in [-0.3, -0.25) is 4.79 Å². The fourth-order valence-corrected chi connectivity index (χ4v) is 1.86. The second kappa shape index (κ2) is 6.67. The zero-order chi connectivity index (χ0) is 12.7. The number of amides is 1. The zero-order valence-corrected chi connectivity index (χ0v) is 11.1. The van der Waals surface area contributed by atoms with Crippen LogP contribution in [0.25, 0.3) is 0 Å². The van der Waals surface area contributed by atoms with Gasteiger partial charge in [0.05, 0.1) is 5.75 Å². The van der Waals surface area contributed by atoms with E-state index in [0.717, 1.165) is 4.90 Å². The first-order valence-electron chi connectivity index (χ1n) is 5.59. The Labute approximate surface area is 107 Å². The number of aliphatic hydroxyl groups excluding tert-OH is 1. The summed E-state index contributed by atoms with van der Waals surface area (Å²) in [6, 6.07) is 9.82. The van der Waals surface area contributed by atoms with Gasteiger partial charge >= 0.3 is 0 Å². The second-order valence-electron chi connectivity index (χ2n) is 4.70. The highest BCUT2D eigenvalue weighted by molar-refractivity contribution is 8.00. The van der Waals surface area contributed by atoms with Crippen LogP contribution in [0.5, 0.6) is 0 Å². The third-order valence-electron chi connectivity index (χ3n) is 2.31. The smallest absolute Gasteiger partial charge is 0.230 e. The van der Waals surface area contributed by atoms with Gasteiger partial charge in [-0.1, -0.05) is 32.0 Å². The predicted octanol–water partition coefficient (Wildman–Crippen LogP) is 1.91. The van der Waals surface area contributed by atoms with Crippen LogP contribution in [0.1, 0.15) is 13.8 Å². The van der Waals surface area contributed by atoms with E-state index in [0.29, 0.717) is 12.3 Å². The van der Waals surface area contributed by atoms with Gasteiger partial charge < -0.3 is 10.4 Å². The van der Waals surface area contributed by atoms with Crippen molar-refractivity contribution >= 4 is 17.7 Å². The van der Waals surface area contributed by atoms with Crippen molar-refractivity contribution in [2.45, 2.75) is 18.7 Å². The molecule has 0 atom stereocenters. The van der Waals surface area contributed by atoms with Crippen LogP contribution in [0.15, 0.2) is 35.2 Å². The standard InChI is InChI=1S/C13H19NO2S/c1-13(2,10-15)9-14-12(16)8-17-11-6-4-3-5-7-11/h3-7,15H,8-10H2,1-2H3,(H,14,16). The topological polar surface area (TPSA) is 49.3 Å². The van der Waals surface area contributed by atoms with Crippen LogP contribution in [0.4, 0.5) is 0 Å². The fourth-order valence-electron chi connectivity index (χ4n) is 1.11. The molecule has 0 aliphatic rings. The van der Waals surface area contributed by atoms with Gasteiger partial charge in [-0.05, 0) is 12.1 Å². The summed E-state index contributed by atoms with van der Waals surface area (Å²) in [7, 11) is 0. The van der Waals surface area contributed by atoms with E-state index in [2.05, 4.69) is 5.32 Å². The van der Waals surface area contributed by atoms with Crippen molar-refractivity contribution in [1.29, 1.82) is 0 Å². The first-order valence-corrected chi connectivity index (χ1v) is 6.57. The Morgan fingerprint density at radius 1 is 1.35 bits per heavy atom. The van der Waals surface area contributed by atoms with E-state index in [4.69, 9.17) is 5.11 Å². The number of carbonyl (C=O) groups is 1.